The van der Waals surface area contributed by atoms with Crippen LogP contribution in [0.5, 0.6) is 0 Å². The Balaban J connectivity index is 2.54. The molecule has 0 saturated heterocycles. The molecule has 0 atom stereocenters. The first kappa shape index (κ1) is 14.3. The van der Waals surface area contributed by atoms with E-state index in [9.17, 15) is 22.8 Å². The second kappa shape index (κ2) is 5.70. The number of aromatic nitrogens is 1. The van der Waals surface area contributed by atoms with Crippen LogP contribution in [0, 0.1) is 0 Å². The zero-order valence-electron chi connectivity index (χ0n) is 9.66. The minimum absolute atomic E-state index is 0.178. The van der Waals surface area contributed by atoms with Crippen molar-refractivity contribution in [3.63, 3.8) is 0 Å². The summed E-state index contributed by atoms with van der Waals surface area (Å²) in [6.45, 7) is 0.347. The van der Waals surface area contributed by atoms with Crippen molar-refractivity contribution in [1.29, 1.82) is 0 Å². The SMILES string of the molecule is COC(=O)CCCn1ccc(C(=O)C(F)(F)F)c1. The molecule has 0 amide bonds. The Morgan fingerprint density at radius 3 is 2.61 bits per heavy atom. The minimum atomic E-state index is -4.86. The van der Waals surface area contributed by atoms with Gasteiger partial charge in [-0.2, -0.15) is 13.2 Å². The highest BCUT2D eigenvalue weighted by atomic mass is 19.4. The van der Waals surface area contributed by atoms with Crippen molar-refractivity contribution in [2.45, 2.75) is 25.6 Å². The molecule has 1 aromatic rings. The van der Waals surface area contributed by atoms with Crippen molar-refractivity contribution in [2.24, 2.45) is 0 Å². The standard InChI is InChI=1S/C11H12F3NO3/c1-18-9(16)3-2-5-15-6-4-8(7-15)10(17)11(12,13)14/h4,6-7H,2-3,5H2,1H3. The molecular formula is C11H12F3NO3. The fourth-order valence-corrected chi connectivity index (χ4v) is 1.39. The molecule has 0 unspecified atom stereocenters. The van der Waals surface area contributed by atoms with E-state index in [-0.39, 0.29) is 12.4 Å². The predicted octanol–water partition coefficient (Wildman–Crippen LogP) is 2.19. The zero-order valence-corrected chi connectivity index (χ0v) is 9.66. The van der Waals surface area contributed by atoms with Gasteiger partial charge in [0.2, 0.25) is 0 Å². The fourth-order valence-electron chi connectivity index (χ4n) is 1.39. The number of nitrogens with zero attached hydrogens (tertiary/aromatic N) is 1. The number of rotatable bonds is 5. The number of methoxy groups -OCH3 is 1. The van der Waals surface area contributed by atoms with Crippen LogP contribution in [0.4, 0.5) is 13.2 Å². The molecule has 0 spiro atoms. The lowest BCUT2D eigenvalue weighted by molar-refractivity contribution is -0.140. The van der Waals surface area contributed by atoms with Gasteiger partial charge in [0.15, 0.2) is 0 Å². The normalized spacial score (nSPS) is 11.3. The molecule has 4 nitrogen and oxygen atoms in total. The molecule has 7 heteroatoms. The summed E-state index contributed by atoms with van der Waals surface area (Å²) in [5.74, 6) is -2.25. The van der Waals surface area contributed by atoms with Gasteiger partial charge in [-0.3, -0.25) is 9.59 Å². The Bertz CT molecular complexity index is 437. The van der Waals surface area contributed by atoms with Crippen LogP contribution in [-0.4, -0.2) is 29.6 Å². The molecule has 1 aromatic heterocycles. The van der Waals surface area contributed by atoms with Gasteiger partial charge in [-0.1, -0.05) is 0 Å². The van der Waals surface area contributed by atoms with Crippen molar-refractivity contribution >= 4 is 11.8 Å². The lowest BCUT2D eigenvalue weighted by Crippen LogP contribution is -2.22. The van der Waals surface area contributed by atoms with E-state index in [1.165, 1.54) is 17.9 Å². The van der Waals surface area contributed by atoms with Gasteiger partial charge in [0.1, 0.15) is 0 Å². The third-order valence-electron chi connectivity index (χ3n) is 2.30. The van der Waals surface area contributed by atoms with E-state index in [1.54, 1.807) is 0 Å². The third-order valence-corrected chi connectivity index (χ3v) is 2.30. The topological polar surface area (TPSA) is 48.3 Å². The molecule has 0 bridgehead atoms. The molecule has 0 N–H and O–H groups in total. The van der Waals surface area contributed by atoms with Gasteiger partial charge in [0.05, 0.1) is 7.11 Å². The molecule has 0 fully saturated rings. The Morgan fingerprint density at radius 1 is 1.39 bits per heavy atom. The number of Topliss-reactive ketones (excluding diaryl/α,β-unsaturated/α-hetero) is 1. The molecule has 0 aromatic carbocycles. The van der Waals surface area contributed by atoms with Crippen LogP contribution >= 0.6 is 0 Å². The average Bonchev–Trinajstić information content (AvgIpc) is 2.75. The van der Waals surface area contributed by atoms with Gasteiger partial charge in [-0.25, -0.2) is 0 Å². The van der Waals surface area contributed by atoms with Gasteiger partial charge in [-0.05, 0) is 12.5 Å². The van der Waals surface area contributed by atoms with Crippen molar-refractivity contribution < 1.29 is 27.5 Å². The minimum Gasteiger partial charge on any atom is -0.469 e. The third kappa shape index (κ3) is 3.90. The summed E-state index contributed by atoms with van der Waals surface area (Å²) >= 11 is 0. The number of hydrogen-bond acceptors (Lipinski definition) is 3. The summed E-state index contributed by atoms with van der Waals surface area (Å²) in [6.07, 6.45) is -1.76. The van der Waals surface area contributed by atoms with Crippen molar-refractivity contribution in [3.8, 4) is 0 Å². The summed E-state index contributed by atoms with van der Waals surface area (Å²) in [5, 5.41) is 0. The highest BCUT2D eigenvalue weighted by Gasteiger charge is 2.39. The van der Waals surface area contributed by atoms with Gasteiger partial charge >= 0.3 is 12.1 Å². The maximum atomic E-state index is 12.1. The van der Waals surface area contributed by atoms with E-state index in [2.05, 4.69) is 4.74 Å². The summed E-state index contributed by atoms with van der Waals surface area (Å²) in [6, 6.07) is 1.11. The first-order valence-corrected chi connectivity index (χ1v) is 5.18. The van der Waals surface area contributed by atoms with Crippen LogP contribution in [0.1, 0.15) is 23.2 Å². The van der Waals surface area contributed by atoms with E-state index in [1.807, 2.05) is 0 Å². The number of alkyl halides is 3. The number of carbonyl (C=O) groups excluding carboxylic acids is 2. The molecule has 18 heavy (non-hydrogen) atoms. The number of ketones is 1. The summed E-state index contributed by atoms with van der Waals surface area (Å²) < 4.78 is 42.2. The van der Waals surface area contributed by atoms with Crippen LogP contribution in [0.2, 0.25) is 0 Å². The second-order valence-electron chi connectivity index (χ2n) is 3.64. The molecule has 1 heterocycles. The smallest absolute Gasteiger partial charge is 0.454 e. The molecule has 0 saturated carbocycles. The predicted molar refractivity (Wildman–Crippen MR) is 56.1 cm³/mol. The van der Waals surface area contributed by atoms with E-state index >= 15 is 0 Å². The van der Waals surface area contributed by atoms with Crippen molar-refractivity contribution in [3.05, 3.63) is 24.0 Å². The van der Waals surface area contributed by atoms with Crippen molar-refractivity contribution in [1.82, 2.24) is 4.57 Å². The first-order chi connectivity index (χ1) is 8.34. The average molecular weight is 263 g/mol. The van der Waals surface area contributed by atoms with E-state index in [4.69, 9.17) is 0 Å². The number of aryl methyl sites for hydroxylation is 1. The fraction of sp³-hybridized carbons (Fsp3) is 0.455. The molecular weight excluding hydrogens is 251 g/mol. The lowest BCUT2D eigenvalue weighted by atomic mass is 10.2. The van der Waals surface area contributed by atoms with Crippen LogP contribution in [0.3, 0.4) is 0 Å². The monoisotopic (exact) mass is 263 g/mol. The van der Waals surface area contributed by atoms with Crippen molar-refractivity contribution in [2.75, 3.05) is 7.11 Å². The van der Waals surface area contributed by atoms with Gasteiger partial charge in [0.25, 0.3) is 5.78 Å². The van der Waals surface area contributed by atoms with Gasteiger partial charge in [0, 0.05) is 30.9 Å². The molecule has 0 aliphatic rings. The molecule has 0 aliphatic heterocycles. The quantitative estimate of drug-likeness (QED) is 0.604. The van der Waals surface area contributed by atoms with E-state index < -0.39 is 17.5 Å². The molecule has 100 valence electrons. The van der Waals surface area contributed by atoms with Crippen LogP contribution in [-0.2, 0) is 16.1 Å². The Kier molecular flexibility index (Phi) is 4.52. The Labute approximate surface area is 101 Å². The number of hydrogen-bond donors (Lipinski definition) is 0. The van der Waals surface area contributed by atoms with Gasteiger partial charge < -0.3 is 9.30 Å². The second-order valence-corrected chi connectivity index (χ2v) is 3.64. The van der Waals surface area contributed by atoms with Crippen LogP contribution in [0.25, 0.3) is 0 Å². The summed E-state index contributed by atoms with van der Waals surface area (Å²) in [5.41, 5.74) is -0.402. The van der Waals surface area contributed by atoms with Crippen LogP contribution < -0.4 is 0 Å². The molecule has 1 rings (SSSR count). The zero-order chi connectivity index (χ0) is 13.8. The van der Waals surface area contributed by atoms with Gasteiger partial charge in [-0.15, -0.1) is 0 Å². The Hall–Kier alpha value is -1.79. The number of halogens is 3. The Morgan fingerprint density at radius 2 is 2.06 bits per heavy atom. The molecule has 0 aliphatic carbocycles. The summed E-state index contributed by atoms with van der Waals surface area (Å²) in [4.78, 5) is 21.7. The van der Waals surface area contributed by atoms with E-state index in [0.717, 1.165) is 12.3 Å². The maximum absolute atomic E-state index is 12.1. The molecule has 0 radical (unpaired) electrons. The number of carbonyl (C=O) groups is 2. The number of esters is 1. The lowest BCUT2D eigenvalue weighted by Gasteiger charge is -2.03. The first-order valence-electron chi connectivity index (χ1n) is 5.18. The highest BCUT2D eigenvalue weighted by molar-refractivity contribution is 6.00. The van der Waals surface area contributed by atoms with E-state index in [0.29, 0.717) is 13.0 Å². The maximum Gasteiger partial charge on any atom is 0.454 e. The van der Waals surface area contributed by atoms with Crippen LogP contribution in [0.15, 0.2) is 18.5 Å². The summed E-state index contributed by atoms with van der Waals surface area (Å²) in [7, 11) is 1.26. The number of ether oxygens (including phenoxy) is 1. The highest BCUT2D eigenvalue weighted by Crippen LogP contribution is 2.21. The largest absolute Gasteiger partial charge is 0.469 e.